The first-order valence-electron chi connectivity index (χ1n) is 6.68. The average Bonchev–Trinajstić information content (AvgIpc) is 2.83. The molecule has 0 N–H and O–H groups in total. The fourth-order valence-corrected chi connectivity index (χ4v) is 2.37. The second kappa shape index (κ2) is 5.91. The van der Waals surface area contributed by atoms with E-state index in [0.29, 0.717) is 5.75 Å². The van der Waals surface area contributed by atoms with Gasteiger partial charge in [0, 0.05) is 0 Å². The van der Waals surface area contributed by atoms with Crippen LogP contribution in [0, 0.1) is 0 Å². The van der Waals surface area contributed by atoms with E-state index in [1.54, 1.807) is 6.08 Å². The molecule has 19 heavy (non-hydrogen) atoms. The SMILES string of the molecule is C=Cc1ccc(OCC(=O)OC2(C)CCCC2)cc1. The minimum atomic E-state index is -0.294. The Balaban J connectivity index is 1.80. The Morgan fingerprint density at radius 3 is 2.53 bits per heavy atom. The Morgan fingerprint density at radius 1 is 1.32 bits per heavy atom. The molecule has 0 saturated heterocycles. The van der Waals surface area contributed by atoms with Crippen molar-refractivity contribution in [1.29, 1.82) is 0 Å². The summed E-state index contributed by atoms with van der Waals surface area (Å²) < 4.78 is 10.9. The van der Waals surface area contributed by atoms with Crippen LogP contribution in [0.1, 0.15) is 38.2 Å². The van der Waals surface area contributed by atoms with Crippen molar-refractivity contribution < 1.29 is 14.3 Å². The Bertz CT molecular complexity index is 442. The highest BCUT2D eigenvalue weighted by molar-refractivity contribution is 5.71. The van der Waals surface area contributed by atoms with E-state index in [2.05, 4.69) is 6.58 Å². The Hall–Kier alpha value is -1.77. The molecule has 2 rings (SSSR count). The number of carbonyl (C=O) groups is 1. The van der Waals surface area contributed by atoms with Crippen molar-refractivity contribution in [3.63, 3.8) is 0 Å². The van der Waals surface area contributed by atoms with E-state index < -0.39 is 0 Å². The summed E-state index contributed by atoms with van der Waals surface area (Å²) in [6, 6.07) is 7.43. The maximum absolute atomic E-state index is 11.7. The second-order valence-corrected chi connectivity index (χ2v) is 5.19. The molecule has 3 heteroatoms. The molecule has 0 aromatic heterocycles. The predicted octanol–water partition coefficient (Wildman–Crippen LogP) is 3.58. The number of benzene rings is 1. The van der Waals surface area contributed by atoms with E-state index in [9.17, 15) is 4.79 Å². The van der Waals surface area contributed by atoms with Gasteiger partial charge in [-0.2, -0.15) is 0 Å². The molecule has 1 aromatic carbocycles. The van der Waals surface area contributed by atoms with Crippen LogP contribution in [0.3, 0.4) is 0 Å². The predicted molar refractivity (Wildman–Crippen MR) is 75.0 cm³/mol. The Labute approximate surface area is 114 Å². The molecule has 0 bridgehead atoms. The van der Waals surface area contributed by atoms with Gasteiger partial charge in [-0.15, -0.1) is 0 Å². The molecule has 3 nitrogen and oxygen atoms in total. The van der Waals surface area contributed by atoms with Gasteiger partial charge in [0.05, 0.1) is 0 Å². The van der Waals surface area contributed by atoms with Crippen molar-refractivity contribution in [2.75, 3.05) is 6.61 Å². The summed E-state index contributed by atoms with van der Waals surface area (Å²) in [6.45, 7) is 5.64. The largest absolute Gasteiger partial charge is 0.482 e. The Morgan fingerprint density at radius 2 is 1.95 bits per heavy atom. The highest BCUT2D eigenvalue weighted by Crippen LogP contribution is 2.32. The maximum atomic E-state index is 11.7. The van der Waals surface area contributed by atoms with Crippen LogP contribution in [-0.4, -0.2) is 18.2 Å². The van der Waals surface area contributed by atoms with Crippen LogP contribution >= 0.6 is 0 Å². The first-order valence-corrected chi connectivity index (χ1v) is 6.68. The summed E-state index contributed by atoms with van der Waals surface area (Å²) >= 11 is 0. The fraction of sp³-hybridized carbons (Fsp3) is 0.438. The molecule has 1 fully saturated rings. The minimum Gasteiger partial charge on any atom is -0.482 e. The zero-order valence-corrected chi connectivity index (χ0v) is 11.4. The van der Waals surface area contributed by atoms with Crippen molar-refractivity contribution >= 4 is 12.0 Å². The molecular weight excluding hydrogens is 240 g/mol. The quantitative estimate of drug-likeness (QED) is 0.759. The van der Waals surface area contributed by atoms with Gasteiger partial charge in [0.1, 0.15) is 11.4 Å². The summed E-state index contributed by atoms with van der Waals surface area (Å²) in [5.74, 6) is 0.372. The normalized spacial score (nSPS) is 16.9. The summed E-state index contributed by atoms with van der Waals surface area (Å²) in [4.78, 5) is 11.7. The molecule has 102 valence electrons. The molecule has 0 amide bonds. The van der Waals surface area contributed by atoms with Crippen molar-refractivity contribution in [3.05, 3.63) is 36.4 Å². The van der Waals surface area contributed by atoms with Crippen molar-refractivity contribution in [2.24, 2.45) is 0 Å². The van der Waals surface area contributed by atoms with Gasteiger partial charge in [-0.05, 0) is 50.3 Å². The third-order valence-corrected chi connectivity index (χ3v) is 3.49. The van der Waals surface area contributed by atoms with E-state index in [-0.39, 0.29) is 18.2 Å². The van der Waals surface area contributed by atoms with Crippen LogP contribution in [0.2, 0.25) is 0 Å². The lowest BCUT2D eigenvalue weighted by Gasteiger charge is -2.23. The lowest BCUT2D eigenvalue weighted by molar-refractivity contribution is -0.159. The highest BCUT2D eigenvalue weighted by Gasteiger charge is 2.32. The zero-order chi connectivity index (χ0) is 13.7. The first-order chi connectivity index (χ1) is 9.11. The van der Waals surface area contributed by atoms with Gasteiger partial charge in [-0.1, -0.05) is 24.8 Å². The molecule has 0 heterocycles. The second-order valence-electron chi connectivity index (χ2n) is 5.19. The molecule has 1 aromatic rings. The summed E-state index contributed by atoms with van der Waals surface area (Å²) in [6.07, 6.45) is 5.93. The smallest absolute Gasteiger partial charge is 0.344 e. The summed E-state index contributed by atoms with van der Waals surface area (Å²) in [7, 11) is 0. The van der Waals surface area contributed by atoms with Gasteiger partial charge in [-0.3, -0.25) is 0 Å². The molecule has 1 aliphatic rings. The Kier molecular flexibility index (Phi) is 4.25. The maximum Gasteiger partial charge on any atom is 0.344 e. The molecular formula is C16H20O3. The van der Waals surface area contributed by atoms with Gasteiger partial charge in [0.2, 0.25) is 0 Å². The zero-order valence-electron chi connectivity index (χ0n) is 11.4. The fourth-order valence-electron chi connectivity index (χ4n) is 2.37. The highest BCUT2D eigenvalue weighted by atomic mass is 16.6. The van der Waals surface area contributed by atoms with Gasteiger partial charge < -0.3 is 9.47 Å². The van der Waals surface area contributed by atoms with Crippen LogP contribution < -0.4 is 4.74 Å². The third kappa shape index (κ3) is 3.85. The van der Waals surface area contributed by atoms with Crippen molar-refractivity contribution in [2.45, 2.75) is 38.2 Å². The molecule has 0 atom stereocenters. The van der Waals surface area contributed by atoms with Crippen LogP contribution in [0.5, 0.6) is 5.75 Å². The van der Waals surface area contributed by atoms with E-state index in [0.717, 1.165) is 31.2 Å². The van der Waals surface area contributed by atoms with Gasteiger partial charge in [-0.25, -0.2) is 4.79 Å². The van der Waals surface area contributed by atoms with Crippen LogP contribution in [0.4, 0.5) is 0 Å². The van der Waals surface area contributed by atoms with Gasteiger partial charge in [0.15, 0.2) is 6.61 Å². The monoisotopic (exact) mass is 260 g/mol. The number of carbonyl (C=O) groups excluding carboxylic acids is 1. The molecule has 0 radical (unpaired) electrons. The lowest BCUT2D eigenvalue weighted by atomic mass is 10.1. The molecule has 0 spiro atoms. The number of esters is 1. The van der Waals surface area contributed by atoms with Crippen molar-refractivity contribution in [1.82, 2.24) is 0 Å². The summed E-state index contributed by atoms with van der Waals surface area (Å²) in [5.41, 5.74) is 0.737. The summed E-state index contributed by atoms with van der Waals surface area (Å²) in [5, 5.41) is 0. The van der Waals surface area contributed by atoms with E-state index in [4.69, 9.17) is 9.47 Å². The molecule has 1 saturated carbocycles. The van der Waals surface area contributed by atoms with Crippen LogP contribution in [0.15, 0.2) is 30.8 Å². The van der Waals surface area contributed by atoms with Crippen molar-refractivity contribution in [3.8, 4) is 5.75 Å². The topological polar surface area (TPSA) is 35.5 Å². The van der Waals surface area contributed by atoms with Crippen LogP contribution in [-0.2, 0) is 9.53 Å². The molecule has 0 unspecified atom stereocenters. The number of rotatable bonds is 5. The average molecular weight is 260 g/mol. The van der Waals surface area contributed by atoms with E-state index >= 15 is 0 Å². The first kappa shape index (κ1) is 13.7. The lowest BCUT2D eigenvalue weighted by Crippen LogP contribution is -2.30. The molecule has 0 aliphatic heterocycles. The van der Waals surface area contributed by atoms with E-state index in [1.165, 1.54) is 0 Å². The number of hydrogen-bond acceptors (Lipinski definition) is 3. The van der Waals surface area contributed by atoms with E-state index in [1.807, 2.05) is 31.2 Å². The number of ether oxygens (including phenoxy) is 2. The standard InChI is InChI=1S/C16H20O3/c1-3-13-6-8-14(9-7-13)18-12-15(17)19-16(2)10-4-5-11-16/h3,6-9H,1,4-5,10-12H2,2H3. The number of hydrogen-bond donors (Lipinski definition) is 0. The van der Waals surface area contributed by atoms with Crippen LogP contribution in [0.25, 0.3) is 6.08 Å². The molecule has 1 aliphatic carbocycles. The van der Waals surface area contributed by atoms with Gasteiger partial charge >= 0.3 is 5.97 Å². The minimum absolute atomic E-state index is 0.0387. The van der Waals surface area contributed by atoms with Gasteiger partial charge in [0.25, 0.3) is 0 Å². The third-order valence-electron chi connectivity index (χ3n) is 3.49.